The summed E-state index contributed by atoms with van der Waals surface area (Å²) in [6.07, 6.45) is -6.19. The molecule has 0 aromatic rings. The first-order valence-corrected chi connectivity index (χ1v) is 8.83. The van der Waals surface area contributed by atoms with Crippen molar-refractivity contribution >= 4 is 5.97 Å². The van der Waals surface area contributed by atoms with Gasteiger partial charge in [-0.2, -0.15) is 0 Å². The summed E-state index contributed by atoms with van der Waals surface area (Å²) in [5, 5.41) is 49.9. The molecule has 3 aliphatic rings. The molecule has 4 unspecified atom stereocenters. The van der Waals surface area contributed by atoms with Gasteiger partial charge < -0.3 is 44.5 Å². The zero-order valence-electron chi connectivity index (χ0n) is 15.1. The summed E-state index contributed by atoms with van der Waals surface area (Å²) < 4.78 is 21.3. The van der Waals surface area contributed by atoms with Gasteiger partial charge in [0.1, 0.15) is 24.4 Å². The molecule has 0 aromatic carbocycles. The molecule has 2 aliphatic heterocycles. The standard InChI is InChI=1S/C17H26O10/c1-17(23)4-3-7-8(14(22)24-2)6-25-15(10(7)17)27-16-13(21)12(20)11(19)9(5-18)26-16/h6-7,9-13,15-16,18-21,23H,3-5H2,1-2H3/t7?,9-,10?,11-,12+,13-,15?,16+,17?/m1/s1. The molecule has 10 heteroatoms. The summed E-state index contributed by atoms with van der Waals surface area (Å²) in [7, 11) is 1.25. The molecule has 10 nitrogen and oxygen atoms in total. The maximum absolute atomic E-state index is 12.0. The van der Waals surface area contributed by atoms with Gasteiger partial charge >= 0.3 is 5.97 Å². The molecule has 27 heavy (non-hydrogen) atoms. The summed E-state index contributed by atoms with van der Waals surface area (Å²) in [5.74, 6) is -1.59. The molecule has 3 rings (SSSR count). The molecule has 2 heterocycles. The minimum absolute atomic E-state index is 0.286. The van der Waals surface area contributed by atoms with E-state index in [0.29, 0.717) is 12.8 Å². The van der Waals surface area contributed by atoms with E-state index in [-0.39, 0.29) is 11.5 Å². The van der Waals surface area contributed by atoms with Crippen molar-refractivity contribution in [2.75, 3.05) is 13.7 Å². The first kappa shape index (κ1) is 20.5. The Kier molecular flexibility index (Phi) is 5.78. The third-order valence-corrected chi connectivity index (χ3v) is 5.67. The number of aliphatic hydroxyl groups excluding tert-OH is 4. The van der Waals surface area contributed by atoms with Gasteiger partial charge in [0.15, 0.2) is 6.29 Å². The van der Waals surface area contributed by atoms with Crippen LogP contribution in [0.25, 0.3) is 0 Å². The van der Waals surface area contributed by atoms with Crippen LogP contribution in [0.5, 0.6) is 0 Å². The van der Waals surface area contributed by atoms with E-state index in [0.717, 1.165) is 0 Å². The number of carbonyl (C=O) groups is 1. The zero-order chi connectivity index (χ0) is 19.9. The minimum atomic E-state index is -1.60. The Labute approximate surface area is 155 Å². The normalized spacial score (nSPS) is 47.0. The molecule has 1 saturated carbocycles. The summed E-state index contributed by atoms with van der Waals surface area (Å²) >= 11 is 0. The molecule has 0 aromatic heterocycles. The molecule has 1 aliphatic carbocycles. The maximum atomic E-state index is 12.0. The number of carbonyl (C=O) groups excluding carboxylic acids is 1. The van der Waals surface area contributed by atoms with Crippen LogP contribution in [0.15, 0.2) is 11.8 Å². The fourth-order valence-electron chi connectivity index (χ4n) is 4.12. The summed E-state index contributed by atoms with van der Waals surface area (Å²) in [5.41, 5.74) is -0.925. The summed E-state index contributed by atoms with van der Waals surface area (Å²) in [6.45, 7) is 1.01. The average Bonchev–Trinajstić information content (AvgIpc) is 2.97. The van der Waals surface area contributed by atoms with Crippen molar-refractivity contribution in [3.63, 3.8) is 0 Å². The number of ether oxygens (including phenoxy) is 4. The van der Waals surface area contributed by atoms with Crippen molar-refractivity contribution in [2.24, 2.45) is 11.8 Å². The van der Waals surface area contributed by atoms with Crippen LogP contribution in [0, 0.1) is 11.8 Å². The van der Waals surface area contributed by atoms with Gasteiger partial charge in [-0.3, -0.25) is 0 Å². The molecule has 2 fully saturated rings. The van der Waals surface area contributed by atoms with E-state index < -0.39 is 61.1 Å². The predicted molar refractivity (Wildman–Crippen MR) is 86.7 cm³/mol. The molecule has 154 valence electrons. The summed E-state index contributed by atoms with van der Waals surface area (Å²) in [6, 6.07) is 0. The zero-order valence-corrected chi connectivity index (χ0v) is 15.1. The number of fused-ring (bicyclic) bond motifs is 1. The van der Waals surface area contributed by atoms with Crippen molar-refractivity contribution in [3.8, 4) is 0 Å². The Morgan fingerprint density at radius 3 is 2.59 bits per heavy atom. The van der Waals surface area contributed by atoms with Gasteiger partial charge in [-0.05, 0) is 19.8 Å². The predicted octanol–water partition coefficient (Wildman–Crippen LogP) is -2.01. The van der Waals surface area contributed by atoms with Gasteiger partial charge in [-0.1, -0.05) is 0 Å². The van der Waals surface area contributed by atoms with Crippen molar-refractivity contribution in [3.05, 3.63) is 11.8 Å². The second-order valence-corrected chi connectivity index (χ2v) is 7.43. The number of hydrogen-bond acceptors (Lipinski definition) is 10. The van der Waals surface area contributed by atoms with Crippen LogP contribution in [0.3, 0.4) is 0 Å². The van der Waals surface area contributed by atoms with Gasteiger partial charge in [0.25, 0.3) is 0 Å². The smallest absolute Gasteiger partial charge is 0.337 e. The molecule has 0 bridgehead atoms. The Bertz CT molecular complexity index is 588. The van der Waals surface area contributed by atoms with E-state index in [9.17, 15) is 30.3 Å². The van der Waals surface area contributed by atoms with Crippen LogP contribution in [-0.2, 0) is 23.7 Å². The molecule has 1 saturated heterocycles. The fourth-order valence-corrected chi connectivity index (χ4v) is 4.12. The average molecular weight is 390 g/mol. The van der Waals surface area contributed by atoms with Crippen LogP contribution < -0.4 is 0 Å². The van der Waals surface area contributed by atoms with E-state index in [2.05, 4.69) is 0 Å². The van der Waals surface area contributed by atoms with Gasteiger partial charge in [-0.15, -0.1) is 0 Å². The van der Waals surface area contributed by atoms with Crippen LogP contribution in [0.4, 0.5) is 0 Å². The van der Waals surface area contributed by atoms with E-state index in [4.69, 9.17) is 18.9 Å². The maximum Gasteiger partial charge on any atom is 0.337 e. The van der Waals surface area contributed by atoms with Gasteiger partial charge in [-0.25, -0.2) is 4.79 Å². The van der Waals surface area contributed by atoms with E-state index in [1.807, 2.05) is 0 Å². The SMILES string of the molecule is COC(=O)C1=COC(O[C@@H]2O[C@H](CO)[C@@H](O)[C@H](O)[C@H]2O)C2C1CCC2(C)O. The lowest BCUT2D eigenvalue weighted by atomic mass is 9.81. The van der Waals surface area contributed by atoms with Crippen LogP contribution in [-0.4, -0.2) is 87.8 Å². The topological polar surface area (TPSA) is 155 Å². The molecule has 0 radical (unpaired) electrons. The van der Waals surface area contributed by atoms with E-state index >= 15 is 0 Å². The third-order valence-electron chi connectivity index (χ3n) is 5.67. The minimum Gasteiger partial charge on any atom is -0.471 e. The Balaban J connectivity index is 1.82. The Morgan fingerprint density at radius 1 is 1.26 bits per heavy atom. The van der Waals surface area contributed by atoms with Gasteiger partial charge in [0, 0.05) is 5.92 Å². The lowest BCUT2D eigenvalue weighted by Gasteiger charge is -2.44. The molecular weight excluding hydrogens is 364 g/mol. The quantitative estimate of drug-likeness (QED) is 0.340. The lowest BCUT2D eigenvalue weighted by molar-refractivity contribution is -0.346. The van der Waals surface area contributed by atoms with Crippen molar-refractivity contribution in [2.45, 2.75) is 62.4 Å². The number of esters is 1. The molecule has 0 spiro atoms. The van der Waals surface area contributed by atoms with Crippen molar-refractivity contribution in [1.82, 2.24) is 0 Å². The van der Waals surface area contributed by atoms with Gasteiger partial charge in [0.05, 0.1) is 37.1 Å². The fraction of sp³-hybridized carbons (Fsp3) is 0.824. The second kappa shape index (κ2) is 7.63. The highest BCUT2D eigenvalue weighted by atomic mass is 16.8. The van der Waals surface area contributed by atoms with Crippen LogP contribution in [0.1, 0.15) is 19.8 Å². The van der Waals surface area contributed by atoms with Gasteiger partial charge in [0.2, 0.25) is 6.29 Å². The summed E-state index contributed by atoms with van der Waals surface area (Å²) in [4.78, 5) is 12.0. The van der Waals surface area contributed by atoms with Crippen LogP contribution in [0.2, 0.25) is 0 Å². The third kappa shape index (κ3) is 3.58. The van der Waals surface area contributed by atoms with Crippen LogP contribution >= 0.6 is 0 Å². The number of rotatable bonds is 4. The first-order chi connectivity index (χ1) is 12.7. The lowest BCUT2D eigenvalue weighted by Crippen LogP contribution is -2.60. The largest absolute Gasteiger partial charge is 0.471 e. The Morgan fingerprint density at radius 2 is 1.96 bits per heavy atom. The Hall–Kier alpha value is -1.27. The number of aliphatic hydroxyl groups is 5. The highest BCUT2D eigenvalue weighted by Gasteiger charge is 2.56. The highest BCUT2D eigenvalue weighted by molar-refractivity contribution is 5.89. The second-order valence-electron chi connectivity index (χ2n) is 7.43. The molecular formula is C17H26O10. The molecule has 5 N–H and O–H groups in total. The monoisotopic (exact) mass is 390 g/mol. The highest BCUT2D eigenvalue weighted by Crippen LogP contribution is 2.49. The van der Waals surface area contributed by atoms with E-state index in [1.165, 1.54) is 13.4 Å². The van der Waals surface area contributed by atoms with E-state index in [1.54, 1.807) is 6.92 Å². The van der Waals surface area contributed by atoms with Crippen molar-refractivity contribution < 1.29 is 49.3 Å². The first-order valence-electron chi connectivity index (χ1n) is 8.83. The molecule has 0 amide bonds. The van der Waals surface area contributed by atoms with Crippen molar-refractivity contribution in [1.29, 1.82) is 0 Å². The number of methoxy groups -OCH3 is 1. The molecule has 9 atom stereocenters. The number of hydrogen-bond donors (Lipinski definition) is 5.